The van der Waals surface area contributed by atoms with Gasteiger partial charge in [0.25, 0.3) is 0 Å². The van der Waals surface area contributed by atoms with Crippen LogP contribution in [0.15, 0.2) is 18.2 Å². The van der Waals surface area contributed by atoms with E-state index in [-0.39, 0.29) is 29.9 Å². The summed E-state index contributed by atoms with van der Waals surface area (Å²) >= 11 is 0. The lowest BCUT2D eigenvalue weighted by atomic mass is 9.79. The highest BCUT2D eigenvalue weighted by atomic mass is 16.6. The Labute approximate surface area is 154 Å². The monoisotopic (exact) mass is 357 g/mol. The number of amides is 1. The van der Waals surface area contributed by atoms with Gasteiger partial charge in [-0.2, -0.15) is 0 Å². The summed E-state index contributed by atoms with van der Waals surface area (Å²) in [6.07, 6.45) is 3.20. The van der Waals surface area contributed by atoms with Crippen LogP contribution in [0.25, 0.3) is 0 Å². The number of piperidine rings is 1. The predicted octanol–water partition coefficient (Wildman–Crippen LogP) is 3.38. The van der Waals surface area contributed by atoms with Crippen molar-refractivity contribution in [2.45, 2.75) is 64.1 Å². The van der Waals surface area contributed by atoms with Crippen LogP contribution in [0.4, 0.5) is 4.79 Å². The Morgan fingerprint density at radius 1 is 1.08 bits per heavy atom. The van der Waals surface area contributed by atoms with Gasteiger partial charge in [0.2, 0.25) is 0 Å². The number of fused-ring (bicyclic) bond motifs is 3. The topological polar surface area (TPSA) is 55.8 Å². The standard InChI is InChI=1S/C21H27NO4/c1-21(2,3)26-20(24)22-17-9-16(10-18(22)12-25-11-17)19(23)15-7-5-13-4-6-14(13)8-15/h5,7-8,16-18H,4,6,9-12H2,1-3H3. The van der Waals surface area contributed by atoms with Crippen LogP contribution in [0.1, 0.15) is 55.1 Å². The number of morpholine rings is 1. The van der Waals surface area contributed by atoms with Crippen molar-refractivity contribution in [2.24, 2.45) is 5.92 Å². The second kappa shape index (κ2) is 6.38. The minimum absolute atomic E-state index is 0.0503. The van der Waals surface area contributed by atoms with E-state index in [9.17, 15) is 9.59 Å². The predicted molar refractivity (Wildman–Crippen MR) is 97.4 cm³/mol. The number of carbonyl (C=O) groups is 2. The van der Waals surface area contributed by atoms with Crippen LogP contribution >= 0.6 is 0 Å². The summed E-state index contributed by atoms with van der Waals surface area (Å²) in [5.41, 5.74) is 2.97. The van der Waals surface area contributed by atoms with E-state index in [1.54, 1.807) is 0 Å². The smallest absolute Gasteiger partial charge is 0.410 e. The second-order valence-corrected chi connectivity index (χ2v) is 8.75. The zero-order chi connectivity index (χ0) is 18.5. The van der Waals surface area contributed by atoms with Crippen molar-refractivity contribution < 1.29 is 19.1 Å². The summed E-state index contributed by atoms with van der Waals surface area (Å²) < 4.78 is 11.2. The van der Waals surface area contributed by atoms with Gasteiger partial charge >= 0.3 is 6.09 Å². The fraction of sp³-hybridized carbons (Fsp3) is 0.619. The lowest BCUT2D eigenvalue weighted by Gasteiger charge is -2.47. The summed E-state index contributed by atoms with van der Waals surface area (Å²) in [6.45, 7) is 6.57. The molecule has 0 radical (unpaired) electrons. The Kier molecular flexibility index (Phi) is 4.30. The maximum absolute atomic E-state index is 13.0. The number of aryl methyl sites for hydroxylation is 2. The molecule has 2 heterocycles. The fourth-order valence-electron chi connectivity index (χ4n) is 4.33. The molecule has 1 aromatic carbocycles. The molecule has 2 aliphatic heterocycles. The second-order valence-electron chi connectivity index (χ2n) is 8.75. The summed E-state index contributed by atoms with van der Waals surface area (Å²) in [7, 11) is 0. The summed E-state index contributed by atoms with van der Waals surface area (Å²) in [4.78, 5) is 27.5. The first-order valence-electron chi connectivity index (χ1n) is 9.57. The number of nitrogens with zero attached hydrogens (tertiary/aromatic N) is 1. The van der Waals surface area contributed by atoms with E-state index in [2.05, 4.69) is 12.1 Å². The maximum atomic E-state index is 13.0. The third-order valence-corrected chi connectivity index (χ3v) is 5.65. The van der Waals surface area contributed by atoms with Crippen LogP contribution in [-0.2, 0) is 22.3 Å². The van der Waals surface area contributed by atoms with Gasteiger partial charge in [0.15, 0.2) is 5.78 Å². The van der Waals surface area contributed by atoms with E-state index in [0.29, 0.717) is 26.1 Å². The summed E-state index contributed by atoms with van der Waals surface area (Å²) in [5.74, 6) is 0.158. The molecule has 2 fully saturated rings. The fourth-order valence-corrected chi connectivity index (χ4v) is 4.33. The van der Waals surface area contributed by atoms with E-state index in [4.69, 9.17) is 9.47 Å². The zero-order valence-corrected chi connectivity index (χ0v) is 15.8. The van der Waals surface area contributed by atoms with Gasteiger partial charge in [0.05, 0.1) is 25.3 Å². The average Bonchev–Trinajstić information content (AvgIpc) is 2.52. The molecule has 2 unspecified atom stereocenters. The van der Waals surface area contributed by atoms with E-state index < -0.39 is 5.60 Å². The minimum Gasteiger partial charge on any atom is -0.444 e. The molecule has 1 amide bonds. The van der Waals surface area contributed by atoms with E-state index in [0.717, 1.165) is 18.4 Å². The molecule has 2 bridgehead atoms. The maximum Gasteiger partial charge on any atom is 0.410 e. The van der Waals surface area contributed by atoms with Gasteiger partial charge in [0.1, 0.15) is 5.60 Å². The molecule has 2 saturated heterocycles. The summed E-state index contributed by atoms with van der Waals surface area (Å²) in [5, 5.41) is 0. The van der Waals surface area contributed by atoms with Gasteiger partial charge < -0.3 is 9.47 Å². The third kappa shape index (κ3) is 3.25. The minimum atomic E-state index is -0.523. The van der Waals surface area contributed by atoms with Gasteiger partial charge in [-0.05, 0) is 63.6 Å². The lowest BCUT2D eigenvalue weighted by molar-refractivity contribution is -0.0861. The molecular weight excluding hydrogens is 330 g/mol. The molecule has 5 nitrogen and oxygen atoms in total. The van der Waals surface area contributed by atoms with E-state index >= 15 is 0 Å². The number of rotatable bonds is 2. The molecular formula is C21H27NO4. The summed E-state index contributed by atoms with van der Waals surface area (Å²) in [6, 6.07) is 5.95. The third-order valence-electron chi connectivity index (χ3n) is 5.65. The molecule has 1 aromatic rings. The Balaban J connectivity index is 1.49. The van der Waals surface area contributed by atoms with E-state index in [1.165, 1.54) is 11.1 Å². The highest BCUT2D eigenvalue weighted by Crippen LogP contribution is 2.35. The molecule has 0 saturated carbocycles. The van der Waals surface area contributed by atoms with Crippen LogP contribution < -0.4 is 0 Å². The van der Waals surface area contributed by atoms with E-state index in [1.807, 2.05) is 31.7 Å². The van der Waals surface area contributed by atoms with Crippen molar-refractivity contribution in [3.05, 3.63) is 34.9 Å². The van der Waals surface area contributed by atoms with Crippen LogP contribution in [0.2, 0.25) is 0 Å². The van der Waals surface area contributed by atoms with Crippen molar-refractivity contribution >= 4 is 11.9 Å². The number of hydrogen-bond donors (Lipinski definition) is 0. The molecule has 0 N–H and O–H groups in total. The number of benzene rings is 1. The molecule has 0 aromatic heterocycles. The van der Waals surface area contributed by atoms with Crippen LogP contribution in [0.5, 0.6) is 0 Å². The zero-order valence-electron chi connectivity index (χ0n) is 15.8. The molecule has 3 aliphatic rings. The van der Waals surface area contributed by atoms with Crippen molar-refractivity contribution in [3.8, 4) is 0 Å². The van der Waals surface area contributed by atoms with Gasteiger partial charge in [0, 0.05) is 11.5 Å². The first kappa shape index (κ1) is 17.5. The van der Waals surface area contributed by atoms with Crippen molar-refractivity contribution in [1.82, 2.24) is 4.90 Å². The number of hydrogen-bond acceptors (Lipinski definition) is 4. The molecule has 2 atom stereocenters. The van der Waals surface area contributed by atoms with Crippen LogP contribution in [-0.4, -0.2) is 47.7 Å². The van der Waals surface area contributed by atoms with Crippen LogP contribution in [0.3, 0.4) is 0 Å². The molecule has 5 heteroatoms. The number of Topliss-reactive ketones (excluding diaryl/α,β-unsaturated/α-hetero) is 1. The van der Waals surface area contributed by atoms with Gasteiger partial charge in [-0.15, -0.1) is 0 Å². The molecule has 0 spiro atoms. The van der Waals surface area contributed by atoms with Crippen molar-refractivity contribution in [2.75, 3.05) is 13.2 Å². The molecule has 4 rings (SSSR count). The Morgan fingerprint density at radius 2 is 1.73 bits per heavy atom. The highest BCUT2D eigenvalue weighted by molar-refractivity contribution is 5.98. The number of carbonyl (C=O) groups excluding carboxylic acids is 2. The van der Waals surface area contributed by atoms with Crippen LogP contribution in [0, 0.1) is 5.92 Å². The SMILES string of the molecule is CC(C)(C)OC(=O)N1C2COCC1CC(C(=O)c1ccc3c(c1)CC3)C2. The number of ketones is 1. The van der Waals surface area contributed by atoms with Crippen molar-refractivity contribution in [3.63, 3.8) is 0 Å². The largest absolute Gasteiger partial charge is 0.444 e. The first-order chi connectivity index (χ1) is 12.3. The molecule has 26 heavy (non-hydrogen) atoms. The number of ether oxygens (including phenoxy) is 2. The Hall–Kier alpha value is -1.88. The average molecular weight is 357 g/mol. The van der Waals surface area contributed by atoms with Gasteiger partial charge in [-0.3, -0.25) is 9.69 Å². The van der Waals surface area contributed by atoms with Gasteiger partial charge in [-0.1, -0.05) is 12.1 Å². The normalized spacial score (nSPS) is 27.3. The van der Waals surface area contributed by atoms with Gasteiger partial charge in [-0.25, -0.2) is 4.79 Å². The Morgan fingerprint density at radius 3 is 2.27 bits per heavy atom. The Bertz CT molecular complexity index is 722. The lowest BCUT2D eigenvalue weighted by Crippen LogP contribution is -2.60. The quantitative estimate of drug-likeness (QED) is 0.762. The first-order valence-corrected chi connectivity index (χ1v) is 9.57. The molecule has 140 valence electrons. The molecule has 1 aliphatic carbocycles. The highest BCUT2D eigenvalue weighted by Gasteiger charge is 2.45. The van der Waals surface area contributed by atoms with Crippen molar-refractivity contribution in [1.29, 1.82) is 0 Å².